The van der Waals surface area contributed by atoms with E-state index in [4.69, 9.17) is 0 Å². The molecule has 0 aromatic heterocycles. The number of fused-ring (bicyclic) bond motifs is 1. The Labute approximate surface area is 269 Å². The molecule has 244 valence electrons. The first-order chi connectivity index (χ1) is 22.1. The average molecular weight is 630 g/mol. The van der Waals surface area contributed by atoms with Crippen molar-refractivity contribution in [2.75, 3.05) is 26.7 Å². The third kappa shape index (κ3) is 8.28. The van der Waals surface area contributed by atoms with E-state index in [1.165, 1.54) is 12.1 Å². The molecular weight excluding hydrogens is 585 g/mol. The smallest absolute Gasteiger partial charge is 0.246 e. The highest BCUT2D eigenvalue weighted by Gasteiger charge is 2.45. The molecule has 4 amide bonds. The van der Waals surface area contributed by atoms with Gasteiger partial charge in [0.2, 0.25) is 23.6 Å². The van der Waals surface area contributed by atoms with Gasteiger partial charge in [-0.05, 0) is 67.3 Å². The second kappa shape index (κ2) is 14.9. The minimum absolute atomic E-state index is 0.0207. The van der Waals surface area contributed by atoms with Crippen molar-refractivity contribution in [1.29, 1.82) is 0 Å². The number of carbonyl (C=O) groups excluding carboxylic acids is 4. The van der Waals surface area contributed by atoms with Gasteiger partial charge in [-0.3, -0.25) is 19.2 Å². The highest BCUT2D eigenvalue weighted by Crippen LogP contribution is 2.36. The molecule has 0 spiro atoms. The molecule has 3 aromatic rings. The van der Waals surface area contributed by atoms with E-state index in [1.807, 2.05) is 50.2 Å². The van der Waals surface area contributed by atoms with Crippen LogP contribution in [0.25, 0.3) is 10.8 Å². The van der Waals surface area contributed by atoms with Crippen molar-refractivity contribution in [2.45, 2.75) is 70.1 Å². The van der Waals surface area contributed by atoms with Gasteiger partial charge in [0.15, 0.2) is 0 Å². The van der Waals surface area contributed by atoms with E-state index < -0.39 is 23.9 Å². The minimum atomic E-state index is -0.940. The van der Waals surface area contributed by atoms with Crippen LogP contribution in [0.2, 0.25) is 0 Å². The lowest BCUT2D eigenvalue weighted by Crippen LogP contribution is -2.66. The van der Waals surface area contributed by atoms with E-state index in [2.05, 4.69) is 22.0 Å². The third-order valence-corrected chi connectivity index (χ3v) is 8.74. The van der Waals surface area contributed by atoms with Crippen LogP contribution in [-0.2, 0) is 32.0 Å². The largest absolute Gasteiger partial charge is 0.352 e. The molecule has 2 aliphatic rings. The molecule has 1 aliphatic carbocycles. The molecule has 3 atom stereocenters. The highest BCUT2D eigenvalue weighted by atomic mass is 19.1. The van der Waals surface area contributed by atoms with Gasteiger partial charge < -0.3 is 25.8 Å². The lowest BCUT2D eigenvalue weighted by Gasteiger charge is -2.44. The number of halogens is 1. The van der Waals surface area contributed by atoms with Gasteiger partial charge in [-0.15, -0.1) is 0 Å². The van der Waals surface area contributed by atoms with Gasteiger partial charge >= 0.3 is 0 Å². The molecule has 1 aliphatic heterocycles. The Hall–Kier alpha value is -4.31. The normalized spacial score (nSPS) is 18.0. The van der Waals surface area contributed by atoms with Gasteiger partial charge in [0.05, 0.1) is 6.54 Å². The van der Waals surface area contributed by atoms with Crippen molar-refractivity contribution in [2.24, 2.45) is 5.92 Å². The van der Waals surface area contributed by atoms with Crippen LogP contribution >= 0.6 is 0 Å². The van der Waals surface area contributed by atoms with Crippen LogP contribution in [0.15, 0.2) is 66.7 Å². The Morgan fingerprint density at radius 2 is 1.59 bits per heavy atom. The van der Waals surface area contributed by atoms with Crippen LogP contribution < -0.4 is 16.0 Å². The first-order valence-corrected chi connectivity index (χ1v) is 16.2. The molecule has 1 saturated carbocycles. The summed E-state index contributed by atoms with van der Waals surface area (Å²) in [4.78, 5) is 58.2. The van der Waals surface area contributed by atoms with Crippen molar-refractivity contribution < 1.29 is 23.6 Å². The number of rotatable bonds is 13. The SMILES string of the molecule is CNCC(=O)N[C@@H](Cc1ccc(F)cc1)C(=O)N1CCN(C(Cc2ccc3ccccc3c2)C(=O)NC(C)C)C(=O)[C@H]1CC1CC1. The van der Waals surface area contributed by atoms with Crippen LogP contribution in [0.1, 0.15) is 44.2 Å². The molecule has 10 heteroatoms. The fraction of sp³-hybridized carbons (Fsp3) is 0.444. The topological polar surface area (TPSA) is 111 Å². The van der Waals surface area contributed by atoms with Gasteiger partial charge in [0.25, 0.3) is 0 Å². The molecule has 1 unspecified atom stereocenters. The minimum Gasteiger partial charge on any atom is -0.352 e. The lowest BCUT2D eigenvalue weighted by atomic mass is 9.96. The Bertz CT molecular complexity index is 1560. The van der Waals surface area contributed by atoms with E-state index in [0.717, 1.165) is 29.2 Å². The number of nitrogens with zero attached hydrogens (tertiary/aromatic N) is 2. The standard InChI is InChI=1S/C36H44FN5O4/c1-23(2)39-34(44)31(21-26-10-13-27-6-4-5-7-28(27)18-26)41-16-17-42(32(36(41)46)20-25-8-9-25)35(45)30(40-33(43)22-38-3)19-24-11-14-29(37)15-12-24/h4-7,10-15,18,23,25,30-32,38H,8-9,16-17,19-22H2,1-3H3,(H,39,44)(H,40,43)/t30-,31?,32+/m0/s1. The summed E-state index contributed by atoms with van der Waals surface area (Å²) in [5.41, 5.74) is 1.63. The molecule has 5 rings (SSSR count). The molecule has 2 fully saturated rings. The molecular formula is C36H44FN5O4. The lowest BCUT2D eigenvalue weighted by molar-refractivity contribution is -0.157. The van der Waals surface area contributed by atoms with Crippen LogP contribution in [-0.4, -0.2) is 84.3 Å². The maximum Gasteiger partial charge on any atom is 0.246 e. The van der Waals surface area contributed by atoms with Crippen molar-refractivity contribution in [3.8, 4) is 0 Å². The van der Waals surface area contributed by atoms with E-state index in [1.54, 1.807) is 29.0 Å². The van der Waals surface area contributed by atoms with Crippen molar-refractivity contribution in [3.63, 3.8) is 0 Å². The molecule has 1 heterocycles. The van der Waals surface area contributed by atoms with E-state index >= 15 is 0 Å². The number of hydrogen-bond donors (Lipinski definition) is 3. The number of amides is 4. The van der Waals surface area contributed by atoms with Crippen molar-refractivity contribution in [3.05, 3.63) is 83.7 Å². The van der Waals surface area contributed by atoms with Crippen LogP contribution in [0, 0.1) is 11.7 Å². The Balaban J connectivity index is 1.41. The number of nitrogens with one attached hydrogen (secondary N) is 3. The highest BCUT2D eigenvalue weighted by molar-refractivity contribution is 5.96. The Kier molecular flexibility index (Phi) is 10.7. The fourth-order valence-corrected chi connectivity index (χ4v) is 6.25. The first-order valence-electron chi connectivity index (χ1n) is 16.2. The molecule has 3 aromatic carbocycles. The summed E-state index contributed by atoms with van der Waals surface area (Å²) < 4.78 is 13.6. The summed E-state index contributed by atoms with van der Waals surface area (Å²) in [6.45, 7) is 4.22. The molecule has 3 N–H and O–H groups in total. The van der Waals surface area contributed by atoms with Gasteiger partial charge in [-0.1, -0.05) is 67.4 Å². The van der Waals surface area contributed by atoms with Gasteiger partial charge in [-0.25, -0.2) is 4.39 Å². The number of carbonyl (C=O) groups is 4. The number of hydrogen-bond acceptors (Lipinski definition) is 5. The summed E-state index contributed by atoms with van der Waals surface area (Å²) in [6, 6.07) is 17.4. The molecule has 9 nitrogen and oxygen atoms in total. The predicted molar refractivity (Wildman–Crippen MR) is 175 cm³/mol. The molecule has 1 saturated heterocycles. The number of piperazine rings is 1. The maximum atomic E-state index is 14.4. The first kappa shape index (κ1) is 33.1. The molecule has 0 radical (unpaired) electrons. The monoisotopic (exact) mass is 629 g/mol. The fourth-order valence-electron chi connectivity index (χ4n) is 6.25. The van der Waals surface area contributed by atoms with Crippen molar-refractivity contribution in [1.82, 2.24) is 25.8 Å². The second-order valence-electron chi connectivity index (χ2n) is 12.8. The number of benzene rings is 3. The van der Waals surface area contributed by atoms with E-state index in [-0.39, 0.29) is 55.7 Å². The Morgan fingerprint density at radius 3 is 2.26 bits per heavy atom. The van der Waals surface area contributed by atoms with E-state index in [9.17, 15) is 23.6 Å². The summed E-state index contributed by atoms with van der Waals surface area (Å²) in [5, 5.41) is 10.8. The quantitative estimate of drug-likeness (QED) is 0.269. The zero-order valence-electron chi connectivity index (χ0n) is 26.8. The number of likely N-dealkylation sites (N-methyl/N-ethyl adjacent to an activating group) is 1. The second-order valence-corrected chi connectivity index (χ2v) is 12.8. The zero-order valence-corrected chi connectivity index (χ0v) is 26.8. The third-order valence-electron chi connectivity index (χ3n) is 8.74. The van der Waals surface area contributed by atoms with Crippen molar-refractivity contribution >= 4 is 34.4 Å². The molecule has 0 bridgehead atoms. The van der Waals surface area contributed by atoms with Crippen LogP contribution in [0.5, 0.6) is 0 Å². The Morgan fingerprint density at radius 1 is 0.891 bits per heavy atom. The summed E-state index contributed by atoms with van der Waals surface area (Å²) in [5.74, 6) is -1.26. The van der Waals surface area contributed by atoms with Gasteiger partial charge in [0.1, 0.15) is 23.9 Å². The summed E-state index contributed by atoms with van der Waals surface area (Å²) in [7, 11) is 1.64. The van der Waals surface area contributed by atoms with Crippen LogP contribution in [0.4, 0.5) is 4.39 Å². The van der Waals surface area contributed by atoms with Gasteiger partial charge in [-0.2, -0.15) is 0 Å². The predicted octanol–water partition coefficient (Wildman–Crippen LogP) is 3.20. The molecule has 46 heavy (non-hydrogen) atoms. The van der Waals surface area contributed by atoms with E-state index in [0.29, 0.717) is 24.3 Å². The maximum absolute atomic E-state index is 14.4. The average Bonchev–Trinajstić information content (AvgIpc) is 3.85. The van der Waals surface area contributed by atoms with Gasteiger partial charge in [0, 0.05) is 32.0 Å². The summed E-state index contributed by atoms with van der Waals surface area (Å²) in [6.07, 6.45) is 2.96. The van der Waals surface area contributed by atoms with Crippen LogP contribution in [0.3, 0.4) is 0 Å². The summed E-state index contributed by atoms with van der Waals surface area (Å²) >= 11 is 0. The zero-order chi connectivity index (χ0) is 32.8.